The van der Waals surface area contributed by atoms with Gasteiger partial charge in [0, 0.05) is 32.6 Å². The maximum atomic E-state index is 13.1. The smallest absolute Gasteiger partial charge is 0.243 e. The number of nitrogens with zero attached hydrogens (tertiary/aromatic N) is 2. The first kappa shape index (κ1) is 23.1. The van der Waals surface area contributed by atoms with Crippen LogP contribution in [0.1, 0.15) is 71.6 Å². The van der Waals surface area contributed by atoms with E-state index in [0.717, 1.165) is 44.5 Å². The van der Waals surface area contributed by atoms with Gasteiger partial charge in [0.1, 0.15) is 0 Å². The second kappa shape index (κ2) is 10.6. The summed E-state index contributed by atoms with van der Waals surface area (Å²) >= 11 is 0. The number of anilines is 2. The second-order valence-corrected chi connectivity index (χ2v) is 10.5. The van der Waals surface area contributed by atoms with Gasteiger partial charge in [0.15, 0.2) is 0 Å². The molecule has 1 aromatic rings. The average molecular weight is 436 g/mol. The Kier molecular flexibility index (Phi) is 8.17. The molecule has 1 aliphatic heterocycles. The van der Waals surface area contributed by atoms with Gasteiger partial charge in [-0.3, -0.25) is 4.79 Å². The topological polar surface area (TPSA) is 69.7 Å². The van der Waals surface area contributed by atoms with Crippen molar-refractivity contribution in [3.63, 3.8) is 0 Å². The van der Waals surface area contributed by atoms with Crippen molar-refractivity contribution in [3.05, 3.63) is 18.2 Å². The Morgan fingerprint density at radius 2 is 1.73 bits per heavy atom. The fraction of sp³-hybridized carbons (Fsp3) is 0.696. The van der Waals surface area contributed by atoms with E-state index in [1.54, 1.807) is 16.4 Å². The molecule has 30 heavy (non-hydrogen) atoms. The first-order valence-electron chi connectivity index (χ1n) is 11.6. The van der Waals surface area contributed by atoms with Crippen LogP contribution in [-0.2, 0) is 14.8 Å². The lowest BCUT2D eigenvalue weighted by Crippen LogP contribution is -2.35. The number of amides is 1. The molecule has 3 rings (SSSR count). The van der Waals surface area contributed by atoms with Gasteiger partial charge in [0.05, 0.1) is 16.3 Å². The number of piperidine rings is 1. The van der Waals surface area contributed by atoms with E-state index in [0.29, 0.717) is 31.1 Å². The van der Waals surface area contributed by atoms with Crippen LogP contribution in [0.3, 0.4) is 0 Å². The third-order valence-electron chi connectivity index (χ3n) is 6.55. The molecule has 6 nitrogen and oxygen atoms in total. The van der Waals surface area contributed by atoms with Gasteiger partial charge in [-0.05, 0) is 57.2 Å². The largest absolute Gasteiger partial charge is 0.370 e. The van der Waals surface area contributed by atoms with Crippen LogP contribution in [0, 0.1) is 5.92 Å². The molecule has 1 aliphatic carbocycles. The fourth-order valence-corrected chi connectivity index (χ4v) is 6.26. The molecule has 7 heteroatoms. The van der Waals surface area contributed by atoms with Gasteiger partial charge in [0.2, 0.25) is 15.9 Å². The summed E-state index contributed by atoms with van der Waals surface area (Å²) in [5.74, 6) is 0.631. The summed E-state index contributed by atoms with van der Waals surface area (Å²) in [6.07, 6.45) is 9.29. The van der Waals surface area contributed by atoms with Crippen LogP contribution >= 0.6 is 0 Å². The summed E-state index contributed by atoms with van der Waals surface area (Å²) in [4.78, 5) is 15.1. The normalized spacial score (nSPS) is 18.5. The van der Waals surface area contributed by atoms with Crippen LogP contribution in [-0.4, -0.2) is 44.8 Å². The van der Waals surface area contributed by atoms with Crippen molar-refractivity contribution in [2.75, 3.05) is 36.4 Å². The number of rotatable bonds is 9. The Labute approximate surface area is 182 Å². The SMILES string of the molecule is CCN(CC)c1ccc(S(=O)(=O)N2CCCCC2)cc1NC(=O)CCC1CCCC1. The molecular weight excluding hydrogens is 398 g/mol. The molecule has 2 aliphatic rings. The molecule has 1 saturated carbocycles. The molecule has 1 N–H and O–H groups in total. The van der Waals surface area contributed by atoms with Gasteiger partial charge in [-0.25, -0.2) is 8.42 Å². The van der Waals surface area contributed by atoms with Crippen molar-refractivity contribution in [1.82, 2.24) is 4.31 Å². The monoisotopic (exact) mass is 435 g/mol. The minimum absolute atomic E-state index is 0.0252. The van der Waals surface area contributed by atoms with Crippen molar-refractivity contribution < 1.29 is 13.2 Å². The maximum Gasteiger partial charge on any atom is 0.243 e. The molecule has 1 heterocycles. The Balaban J connectivity index is 1.81. The summed E-state index contributed by atoms with van der Waals surface area (Å²) < 4.78 is 27.9. The molecular formula is C23H37N3O3S. The van der Waals surface area contributed by atoms with Gasteiger partial charge in [-0.15, -0.1) is 0 Å². The van der Waals surface area contributed by atoms with Gasteiger partial charge < -0.3 is 10.2 Å². The number of sulfonamides is 1. The minimum atomic E-state index is -3.54. The Hall–Kier alpha value is -1.60. The molecule has 168 valence electrons. The van der Waals surface area contributed by atoms with E-state index in [1.807, 2.05) is 6.07 Å². The van der Waals surface area contributed by atoms with E-state index < -0.39 is 10.0 Å². The Bertz CT molecular complexity index is 809. The van der Waals surface area contributed by atoms with Gasteiger partial charge in [-0.1, -0.05) is 32.1 Å². The molecule has 0 atom stereocenters. The lowest BCUT2D eigenvalue weighted by molar-refractivity contribution is -0.116. The molecule has 1 amide bonds. The average Bonchev–Trinajstić information content (AvgIpc) is 3.28. The van der Waals surface area contributed by atoms with Crippen LogP contribution < -0.4 is 10.2 Å². The van der Waals surface area contributed by atoms with Crippen molar-refractivity contribution in [2.24, 2.45) is 5.92 Å². The summed E-state index contributed by atoms with van der Waals surface area (Å²) in [6.45, 7) is 6.85. The molecule has 1 saturated heterocycles. The molecule has 0 unspecified atom stereocenters. The third kappa shape index (κ3) is 5.55. The van der Waals surface area contributed by atoms with Crippen molar-refractivity contribution in [3.8, 4) is 0 Å². The molecule has 0 radical (unpaired) electrons. The summed E-state index contributed by atoms with van der Waals surface area (Å²) in [6, 6.07) is 5.19. The van der Waals surface area contributed by atoms with E-state index in [4.69, 9.17) is 0 Å². The van der Waals surface area contributed by atoms with E-state index in [1.165, 1.54) is 25.7 Å². The van der Waals surface area contributed by atoms with E-state index >= 15 is 0 Å². The lowest BCUT2D eigenvalue weighted by atomic mass is 10.0. The highest BCUT2D eigenvalue weighted by atomic mass is 32.2. The summed E-state index contributed by atoms with van der Waals surface area (Å²) in [7, 11) is -3.54. The standard InChI is InChI=1S/C23H37N3O3S/c1-3-25(4-2)22-14-13-20(30(28,29)26-16-8-5-9-17-26)18-21(22)24-23(27)15-12-19-10-6-7-11-19/h13-14,18-19H,3-12,15-17H2,1-2H3,(H,24,27). The summed E-state index contributed by atoms with van der Waals surface area (Å²) in [5.41, 5.74) is 1.49. The van der Waals surface area contributed by atoms with Crippen molar-refractivity contribution in [1.29, 1.82) is 0 Å². The first-order valence-corrected chi connectivity index (χ1v) is 13.1. The number of carbonyl (C=O) groups is 1. The number of hydrogen-bond acceptors (Lipinski definition) is 4. The Morgan fingerprint density at radius 1 is 1.07 bits per heavy atom. The molecule has 0 bridgehead atoms. The van der Waals surface area contributed by atoms with E-state index in [9.17, 15) is 13.2 Å². The van der Waals surface area contributed by atoms with Gasteiger partial charge in [0.25, 0.3) is 0 Å². The maximum absolute atomic E-state index is 13.1. The number of benzene rings is 1. The van der Waals surface area contributed by atoms with Crippen molar-refractivity contribution in [2.45, 2.75) is 76.5 Å². The van der Waals surface area contributed by atoms with Crippen LogP contribution in [0.2, 0.25) is 0 Å². The highest BCUT2D eigenvalue weighted by Crippen LogP contribution is 2.32. The van der Waals surface area contributed by atoms with Gasteiger partial charge in [-0.2, -0.15) is 4.31 Å². The fourth-order valence-electron chi connectivity index (χ4n) is 4.72. The van der Waals surface area contributed by atoms with E-state index in [2.05, 4.69) is 24.1 Å². The zero-order valence-corrected chi connectivity index (χ0v) is 19.3. The number of carbonyl (C=O) groups excluding carboxylic acids is 1. The Morgan fingerprint density at radius 3 is 2.37 bits per heavy atom. The van der Waals surface area contributed by atoms with Gasteiger partial charge >= 0.3 is 0 Å². The first-order chi connectivity index (χ1) is 14.5. The predicted octanol–water partition coefficient (Wildman–Crippen LogP) is 4.62. The quantitative estimate of drug-likeness (QED) is 0.615. The predicted molar refractivity (Wildman–Crippen MR) is 122 cm³/mol. The molecule has 0 aromatic heterocycles. The number of nitrogens with one attached hydrogen (secondary N) is 1. The lowest BCUT2D eigenvalue weighted by Gasteiger charge is -2.28. The zero-order chi connectivity index (χ0) is 21.6. The van der Waals surface area contributed by atoms with E-state index in [-0.39, 0.29) is 10.8 Å². The number of hydrogen-bond donors (Lipinski definition) is 1. The second-order valence-electron chi connectivity index (χ2n) is 8.55. The molecule has 2 fully saturated rings. The highest BCUT2D eigenvalue weighted by molar-refractivity contribution is 7.89. The van der Waals surface area contributed by atoms with Crippen molar-refractivity contribution >= 4 is 27.3 Å². The third-order valence-corrected chi connectivity index (χ3v) is 8.45. The van der Waals surface area contributed by atoms with Crippen LogP contribution in [0.25, 0.3) is 0 Å². The molecule has 1 aromatic carbocycles. The summed E-state index contributed by atoms with van der Waals surface area (Å²) in [5, 5.41) is 3.04. The highest BCUT2D eigenvalue weighted by Gasteiger charge is 2.27. The van der Waals surface area contributed by atoms with Crippen LogP contribution in [0.4, 0.5) is 11.4 Å². The zero-order valence-electron chi connectivity index (χ0n) is 18.5. The molecule has 0 spiro atoms. The minimum Gasteiger partial charge on any atom is -0.370 e. The van der Waals surface area contributed by atoms with Crippen LogP contribution in [0.15, 0.2) is 23.1 Å². The van der Waals surface area contributed by atoms with Crippen LogP contribution in [0.5, 0.6) is 0 Å².